The molecule has 6 nitrogen and oxygen atoms in total. The van der Waals surface area contributed by atoms with Gasteiger partial charge in [-0.2, -0.15) is 0 Å². The molecular formula is C16H23ClN4O2. The SMILES string of the molecule is Cl.NC1CCCC(C(=O)NCCn2c(=O)[nH]c3ccccc32)C1. The van der Waals surface area contributed by atoms with Crippen LogP contribution in [0, 0.1) is 5.92 Å². The standard InChI is InChI=1S/C16H22N4O2.ClH/c17-12-5-3-4-11(10-12)15(21)18-8-9-20-14-7-2-1-6-13(14)19-16(20)22;/h1-2,6-7,11-12H,3-5,8-10,17H2,(H,18,21)(H,19,22);1H. The van der Waals surface area contributed by atoms with Gasteiger partial charge in [0.15, 0.2) is 0 Å². The average Bonchev–Trinajstić information content (AvgIpc) is 2.83. The number of imidazole rings is 1. The van der Waals surface area contributed by atoms with Crippen molar-refractivity contribution < 1.29 is 4.79 Å². The van der Waals surface area contributed by atoms with Crippen molar-refractivity contribution in [2.45, 2.75) is 38.3 Å². The zero-order chi connectivity index (χ0) is 15.5. The highest BCUT2D eigenvalue weighted by molar-refractivity contribution is 5.85. The first-order chi connectivity index (χ1) is 10.6. The number of fused-ring (bicyclic) bond motifs is 1. The van der Waals surface area contributed by atoms with Crippen molar-refractivity contribution in [1.29, 1.82) is 0 Å². The molecule has 1 aromatic heterocycles. The topological polar surface area (TPSA) is 92.9 Å². The predicted octanol–water partition coefficient (Wildman–Crippen LogP) is 1.39. The number of aromatic amines is 1. The Morgan fingerprint density at radius 3 is 2.91 bits per heavy atom. The van der Waals surface area contributed by atoms with Crippen molar-refractivity contribution >= 4 is 29.3 Å². The van der Waals surface area contributed by atoms with Crippen molar-refractivity contribution in [1.82, 2.24) is 14.9 Å². The Kier molecular flexibility index (Phi) is 5.85. The van der Waals surface area contributed by atoms with Gasteiger partial charge in [-0.15, -0.1) is 12.4 Å². The molecule has 2 unspecified atom stereocenters. The van der Waals surface area contributed by atoms with E-state index in [0.717, 1.165) is 36.7 Å². The second kappa shape index (κ2) is 7.66. The summed E-state index contributed by atoms with van der Waals surface area (Å²) in [6.07, 6.45) is 3.70. The highest BCUT2D eigenvalue weighted by Gasteiger charge is 2.24. The van der Waals surface area contributed by atoms with Crippen LogP contribution in [0.25, 0.3) is 11.0 Å². The summed E-state index contributed by atoms with van der Waals surface area (Å²) in [5.74, 6) is 0.0754. The molecule has 23 heavy (non-hydrogen) atoms. The third-order valence-electron chi connectivity index (χ3n) is 4.40. The number of halogens is 1. The van der Waals surface area contributed by atoms with E-state index in [1.165, 1.54) is 0 Å². The highest BCUT2D eigenvalue weighted by atomic mass is 35.5. The van der Waals surface area contributed by atoms with Crippen molar-refractivity contribution in [2.24, 2.45) is 11.7 Å². The van der Waals surface area contributed by atoms with Crippen LogP contribution in [-0.4, -0.2) is 28.0 Å². The summed E-state index contributed by atoms with van der Waals surface area (Å²) in [7, 11) is 0. The van der Waals surface area contributed by atoms with E-state index in [2.05, 4.69) is 10.3 Å². The normalized spacial score (nSPS) is 20.9. The van der Waals surface area contributed by atoms with Crippen LogP contribution in [0.1, 0.15) is 25.7 Å². The number of benzene rings is 1. The molecule has 4 N–H and O–H groups in total. The Balaban J connectivity index is 0.00000192. The van der Waals surface area contributed by atoms with Gasteiger partial charge in [0.2, 0.25) is 5.91 Å². The molecule has 1 aromatic carbocycles. The number of carbonyl (C=O) groups excluding carboxylic acids is 1. The number of nitrogens with one attached hydrogen (secondary N) is 2. The van der Waals surface area contributed by atoms with Gasteiger partial charge >= 0.3 is 5.69 Å². The molecule has 0 bridgehead atoms. The minimum atomic E-state index is -0.143. The molecule has 1 heterocycles. The lowest BCUT2D eigenvalue weighted by molar-refractivity contribution is -0.126. The van der Waals surface area contributed by atoms with Crippen LogP contribution in [0.2, 0.25) is 0 Å². The van der Waals surface area contributed by atoms with Crippen LogP contribution in [-0.2, 0) is 11.3 Å². The second-order valence-electron chi connectivity index (χ2n) is 6.01. The van der Waals surface area contributed by atoms with Crippen LogP contribution in [0.5, 0.6) is 0 Å². The molecule has 1 aliphatic rings. The van der Waals surface area contributed by atoms with Gasteiger partial charge in [-0.05, 0) is 31.4 Å². The number of H-pyrrole nitrogens is 1. The third-order valence-corrected chi connectivity index (χ3v) is 4.40. The van der Waals surface area contributed by atoms with E-state index in [-0.39, 0.29) is 36.0 Å². The molecule has 126 valence electrons. The van der Waals surface area contributed by atoms with Gasteiger partial charge in [0.1, 0.15) is 0 Å². The summed E-state index contributed by atoms with van der Waals surface area (Å²) in [4.78, 5) is 26.9. The first-order valence-corrected chi connectivity index (χ1v) is 7.86. The van der Waals surface area contributed by atoms with E-state index in [1.807, 2.05) is 24.3 Å². The largest absolute Gasteiger partial charge is 0.354 e. The number of rotatable bonds is 4. The average molecular weight is 339 g/mol. The maximum Gasteiger partial charge on any atom is 0.326 e. The van der Waals surface area contributed by atoms with Gasteiger partial charge in [-0.25, -0.2) is 4.79 Å². The van der Waals surface area contributed by atoms with E-state index >= 15 is 0 Å². The van der Waals surface area contributed by atoms with E-state index in [1.54, 1.807) is 4.57 Å². The molecule has 1 saturated carbocycles. The molecule has 1 aliphatic carbocycles. The minimum Gasteiger partial charge on any atom is -0.354 e. The number of aromatic nitrogens is 2. The van der Waals surface area contributed by atoms with Gasteiger partial charge in [0.05, 0.1) is 11.0 Å². The number of hydrogen-bond acceptors (Lipinski definition) is 3. The maximum atomic E-state index is 12.2. The highest BCUT2D eigenvalue weighted by Crippen LogP contribution is 2.23. The van der Waals surface area contributed by atoms with Crippen molar-refractivity contribution in [2.75, 3.05) is 6.54 Å². The molecular weight excluding hydrogens is 316 g/mol. The number of para-hydroxylation sites is 2. The fourth-order valence-electron chi connectivity index (χ4n) is 3.23. The lowest BCUT2D eigenvalue weighted by Gasteiger charge is -2.25. The first kappa shape index (κ1) is 17.6. The molecule has 0 saturated heterocycles. The number of carbonyl (C=O) groups is 1. The fraction of sp³-hybridized carbons (Fsp3) is 0.500. The maximum absolute atomic E-state index is 12.2. The molecule has 3 rings (SSSR count). The quantitative estimate of drug-likeness (QED) is 0.786. The van der Waals surface area contributed by atoms with Crippen LogP contribution < -0.4 is 16.7 Å². The molecule has 7 heteroatoms. The summed E-state index contributed by atoms with van der Waals surface area (Å²) < 4.78 is 1.65. The summed E-state index contributed by atoms with van der Waals surface area (Å²) in [6.45, 7) is 0.916. The number of nitrogens with two attached hydrogens (primary N) is 1. The van der Waals surface area contributed by atoms with Crippen molar-refractivity contribution in [3.05, 3.63) is 34.7 Å². The number of amides is 1. The van der Waals surface area contributed by atoms with E-state index in [0.29, 0.717) is 13.1 Å². The van der Waals surface area contributed by atoms with Crippen LogP contribution in [0.3, 0.4) is 0 Å². The number of nitrogens with zero attached hydrogens (tertiary/aromatic N) is 1. The van der Waals surface area contributed by atoms with Crippen molar-refractivity contribution in [3.8, 4) is 0 Å². The number of hydrogen-bond donors (Lipinski definition) is 3. The van der Waals surface area contributed by atoms with E-state index < -0.39 is 0 Å². The van der Waals surface area contributed by atoms with Crippen LogP contribution >= 0.6 is 12.4 Å². The minimum absolute atomic E-state index is 0. The van der Waals surface area contributed by atoms with Crippen LogP contribution in [0.4, 0.5) is 0 Å². The second-order valence-corrected chi connectivity index (χ2v) is 6.01. The molecule has 1 fully saturated rings. The first-order valence-electron chi connectivity index (χ1n) is 7.86. The molecule has 1 amide bonds. The summed E-state index contributed by atoms with van der Waals surface area (Å²) >= 11 is 0. The fourth-order valence-corrected chi connectivity index (χ4v) is 3.23. The monoisotopic (exact) mass is 338 g/mol. The third kappa shape index (κ3) is 3.95. The van der Waals surface area contributed by atoms with E-state index in [9.17, 15) is 9.59 Å². The van der Waals surface area contributed by atoms with E-state index in [4.69, 9.17) is 5.73 Å². The van der Waals surface area contributed by atoms with Crippen molar-refractivity contribution in [3.63, 3.8) is 0 Å². The van der Waals surface area contributed by atoms with Crippen LogP contribution in [0.15, 0.2) is 29.1 Å². The summed E-state index contributed by atoms with van der Waals surface area (Å²) in [5.41, 5.74) is 7.46. The smallest absolute Gasteiger partial charge is 0.326 e. The lowest BCUT2D eigenvalue weighted by Crippen LogP contribution is -2.39. The molecule has 0 radical (unpaired) electrons. The molecule has 0 spiro atoms. The van der Waals surface area contributed by atoms with Gasteiger partial charge in [-0.3, -0.25) is 9.36 Å². The zero-order valence-electron chi connectivity index (χ0n) is 13.0. The van der Waals surface area contributed by atoms with Gasteiger partial charge in [0, 0.05) is 25.0 Å². The summed E-state index contributed by atoms with van der Waals surface area (Å²) in [6, 6.07) is 7.69. The van der Waals surface area contributed by atoms with Gasteiger partial charge < -0.3 is 16.0 Å². The Bertz CT molecular complexity index is 724. The van der Waals surface area contributed by atoms with Gasteiger partial charge in [0.25, 0.3) is 0 Å². The Morgan fingerprint density at radius 2 is 2.13 bits per heavy atom. The summed E-state index contributed by atoms with van der Waals surface area (Å²) in [5, 5.41) is 2.94. The Morgan fingerprint density at radius 1 is 1.35 bits per heavy atom. The predicted molar refractivity (Wildman–Crippen MR) is 92.7 cm³/mol. The Labute approximate surface area is 140 Å². The van der Waals surface area contributed by atoms with Gasteiger partial charge in [-0.1, -0.05) is 18.6 Å². The molecule has 2 aromatic rings. The lowest BCUT2D eigenvalue weighted by atomic mass is 9.85. The zero-order valence-corrected chi connectivity index (χ0v) is 13.8. The molecule has 2 atom stereocenters. The molecule has 0 aliphatic heterocycles. The Hall–Kier alpha value is -1.79.